The Morgan fingerprint density at radius 2 is 2.35 bits per heavy atom. The monoisotopic (exact) mass is 294 g/mol. The lowest BCUT2D eigenvalue weighted by atomic mass is 10.2. The van der Waals surface area contributed by atoms with E-state index in [-0.39, 0.29) is 0 Å². The summed E-state index contributed by atoms with van der Waals surface area (Å²) < 4.78 is 0.768. The van der Waals surface area contributed by atoms with Crippen LogP contribution in [-0.2, 0) is 4.79 Å². The average molecular weight is 295 g/mol. The third kappa shape index (κ3) is 2.27. The Bertz CT molecular complexity index is 496. The molecule has 1 aliphatic heterocycles. The number of halogens is 1. The Kier molecular flexibility index (Phi) is 3.34. The maximum atomic E-state index is 11.1. The van der Waals surface area contributed by atoms with E-state index in [9.17, 15) is 4.79 Å². The zero-order valence-electron chi connectivity index (χ0n) is 9.06. The number of benzene rings is 1. The third-order valence-electron chi connectivity index (χ3n) is 2.92. The largest absolute Gasteiger partial charge is 0.480 e. The summed E-state index contributed by atoms with van der Waals surface area (Å²) in [7, 11) is 0. The van der Waals surface area contributed by atoms with E-state index in [2.05, 4.69) is 22.0 Å². The van der Waals surface area contributed by atoms with Gasteiger partial charge >= 0.3 is 5.97 Å². The second-order valence-electron chi connectivity index (χ2n) is 3.97. The number of nitriles is 1. The Hall–Kier alpha value is -1.54. The molecule has 0 aromatic heterocycles. The number of carboxylic acids is 1. The molecule has 88 valence electrons. The Morgan fingerprint density at radius 1 is 1.59 bits per heavy atom. The standard InChI is InChI=1S/C12H11BrN2O2/c13-9-6-8(7-14)3-4-10(9)15-5-1-2-11(15)12(16)17/h3-4,6,11H,1-2,5H2,(H,16,17)/t11-/m1/s1. The summed E-state index contributed by atoms with van der Waals surface area (Å²) in [6.45, 7) is 0.738. The van der Waals surface area contributed by atoms with Gasteiger partial charge in [0.1, 0.15) is 6.04 Å². The average Bonchev–Trinajstić information content (AvgIpc) is 2.77. The highest BCUT2D eigenvalue weighted by Crippen LogP contribution is 2.32. The van der Waals surface area contributed by atoms with Crippen molar-refractivity contribution in [1.29, 1.82) is 5.26 Å². The van der Waals surface area contributed by atoms with Gasteiger partial charge in [0.2, 0.25) is 0 Å². The van der Waals surface area contributed by atoms with Crippen molar-refractivity contribution in [2.75, 3.05) is 11.4 Å². The van der Waals surface area contributed by atoms with E-state index in [1.165, 1.54) is 0 Å². The van der Waals surface area contributed by atoms with Crippen LogP contribution in [0.2, 0.25) is 0 Å². The highest BCUT2D eigenvalue weighted by atomic mass is 79.9. The van der Waals surface area contributed by atoms with Crippen molar-refractivity contribution < 1.29 is 9.90 Å². The fraction of sp³-hybridized carbons (Fsp3) is 0.333. The summed E-state index contributed by atoms with van der Waals surface area (Å²) >= 11 is 3.39. The van der Waals surface area contributed by atoms with Gasteiger partial charge in [0.15, 0.2) is 0 Å². The number of aliphatic carboxylic acids is 1. The van der Waals surface area contributed by atoms with Crippen molar-refractivity contribution in [3.05, 3.63) is 28.2 Å². The van der Waals surface area contributed by atoms with Crippen LogP contribution in [0.25, 0.3) is 0 Å². The predicted octanol–water partition coefficient (Wildman–Crippen LogP) is 2.37. The number of hydrogen-bond donors (Lipinski definition) is 1. The van der Waals surface area contributed by atoms with Gasteiger partial charge < -0.3 is 10.0 Å². The van der Waals surface area contributed by atoms with E-state index >= 15 is 0 Å². The van der Waals surface area contributed by atoms with E-state index in [0.29, 0.717) is 12.0 Å². The number of rotatable bonds is 2. The van der Waals surface area contributed by atoms with E-state index in [0.717, 1.165) is 23.1 Å². The molecule has 0 saturated carbocycles. The van der Waals surface area contributed by atoms with Gasteiger partial charge in [0.05, 0.1) is 17.3 Å². The second-order valence-corrected chi connectivity index (χ2v) is 4.82. The van der Waals surface area contributed by atoms with Crippen LogP contribution in [0, 0.1) is 11.3 Å². The van der Waals surface area contributed by atoms with Gasteiger partial charge in [0.25, 0.3) is 0 Å². The quantitative estimate of drug-likeness (QED) is 0.909. The zero-order valence-corrected chi connectivity index (χ0v) is 10.6. The third-order valence-corrected chi connectivity index (χ3v) is 3.56. The van der Waals surface area contributed by atoms with Crippen LogP contribution in [0.15, 0.2) is 22.7 Å². The molecule has 1 N–H and O–H groups in total. The van der Waals surface area contributed by atoms with Crippen molar-refractivity contribution in [3.63, 3.8) is 0 Å². The molecule has 1 fully saturated rings. The second kappa shape index (κ2) is 4.76. The molecule has 5 heteroatoms. The van der Waals surface area contributed by atoms with Gasteiger partial charge in [-0.1, -0.05) is 0 Å². The highest BCUT2D eigenvalue weighted by Gasteiger charge is 2.31. The van der Waals surface area contributed by atoms with Gasteiger partial charge in [-0.25, -0.2) is 4.79 Å². The molecule has 0 unspecified atom stereocenters. The number of carbonyl (C=O) groups is 1. The molecule has 2 rings (SSSR count). The maximum Gasteiger partial charge on any atom is 0.326 e. The lowest BCUT2D eigenvalue weighted by molar-refractivity contribution is -0.138. The minimum absolute atomic E-state index is 0.459. The molecule has 1 aromatic rings. The molecular formula is C12H11BrN2O2. The van der Waals surface area contributed by atoms with Crippen LogP contribution in [0.1, 0.15) is 18.4 Å². The number of carboxylic acid groups (broad SMARTS) is 1. The van der Waals surface area contributed by atoms with Gasteiger partial charge in [-0.05, 0) is 47.0 Å². The van der Waals surface area contributed by atoms with Crippen molar-refractivity contribution in [2.24, 2.45) is 0 Å². The van der Waals surface area contributed by atoms with Crippen LogP contribution in [-0.4, -0.2) is 23.7 Å². The molecule has 0 radical (unpaired) electrons. The maximum absolute atomic E-state index is 11.1. The topological polar surface area (TPSA) is 64.3 Å². The molecule has 1 aromatic carbocycles. The molecule has 1 aliphatic rings. The first-order chi connectivity index (χ1) is 8.13. The van der Waals surface area contributed by atoms with Gasteiger partial charge in [-0.15, -0.1) is 0 Å². The Morgan fingerprint density at radius 3 is 2.94 bits per heavy atom. The van der Waals surface area contributed by atoms with E-state index in [1.54, 1.807) is 18.2 Å². The van der Waals surface area contributed by atoms with Crippen LogP contribution in [0.5, 0.6) is 0 Å². The minimum Gasteiger partial charge on any atom is -0.480 e. The number of anilines is 1. The number of hydrogen-bond acceptors (Lipinski definition) is 3. The summed E-state index contributed by atoms with van der Waals surface area (Å²) in [6, 6.07) is 6.81. The summed E-state index contributed by atoms with van der Waals surface area (Å²) in [6.07, 6.45) is 1.55. The lowest BCUT2D eigenvalue weighted by Gasteiger charge is -2.24. The van der Waals surface area contributed by atoms with Crippen LogP contribution in [0.4, 0.5) is 5.69 Å². The first-order valence-corrected chi connectivity index (χ1v) is 6.12. The van der Waals surface area contributed by atoms with Crippen molar-refractivity contribution in [1.82, 2.24) is 0 Å². The minimum atomic E-state index is -0.793. The molecule has 0 amide bonds. The molecular weight excluding hydrogens is 284 g/mol. The molecule has 1 heterocycles. The van der Waals surface area contributed by atoms with E-state index < -0.39 is 12.0 Å². The summed E-state index contributed by atoms with van der Waals surface area (Å²) in [5, 5.41) is 17.9. The van der Waals surface area contributed by atoms with Crippen molar-refractivity contribution in [2.45, 2.75) is 18.9 Å². The van der Waals surface area contributed by atoms with Crippen LogP contribution in [0.3, 0.4) is 0 Å². The predicted molar refractivity (Wildman–Crippen MR) is 66.9 cm³/mol. The Balaban J connectivity index is 2.34. The molecule has 17 heavy (non-hydrogen) atoms. The highest BCUT2D eigenvalue weighted by molar-refractivity contribution is 9.10. The summed E-state index contributed by atoms with van der Waals surface area (Å²) in [5.41, 5.74) is 1.40. The van der Waals surface area contributed by atoms with Gasteiger partial charge in [-0.2, -0.15) is 5.26 Å². The normalized spacial score (nSPS) is 19.1. The summed E-state index contributed by atoms with van der Waals surface area (Å²) in [4.78, 5) is 13.0. The fourth-order valence-electron chi connectivity index (χ4n) is 2.12. The van der Waals surface area contributed by atoms with E-state index in [1.807, 2.05) is 4.90 Å². The van der Waals surface area contributed by atoms with E-state index in [4.69, 9.17) is 10.4 Å². The SMILES string of the molecule is N#Cc1ccc(N2CCC[C@@H]2C(=O)O)c(Br)c1. The van der Waals surface area contributed by atoms with Gasteiger partial charge in [0, 0.05) is 11.0 Å². The van der Waals surface area contributed by atoms with Crippen molar-refractivity contribution in [3.8, 4) is 6.07 Å². The first-order valence-electron chi connectivity index (χ1n) is 5.32. The summed E-state index contributed by atoms with van der Waals surface area (Å²) in [5.74, 6) is -0.793. The molecule has 4 nitrogen and oxygen atoms in total. The first kappa shape index (κ1) is 11.9. The Labute approximate surface area is 108 Å². The van der Waals surface area contributed by atoms with Crippen LogP contribution < -0.4 is 4.90 Å². The molecule has 1 atom stereocenters. The van der Waals surface area contributed by atoms with Gasteiger partial charge in [-0.3, -0.25) is 0 Å². The van der Waals surface area contributed by atoms with Crippen LogP contribution >= 0.6 is 15.9 Å². The zero-order chi connectivity index (χ0) is 12.4. The molecule has 0 bridgehead atoms. The fourth-order valence-corrected chi connectivity index (χ4v) is 2.73. The lowest BCUT2D eigenvalue weighted by Crippen LogP contribution is -2.36. The molecule has 1 saturated heterocycles. The molecule has 0 aliphatic carbocycles. The molecule has 0 spiro atoms. The van der Waals surface area contributed by atoms with Crippen molar-refractivity contribution >= 4 is 27.6 Å². The number of nitrogens with zero attached hydrogens (tertiary/aromatic N) is 2. The smallest absolute Gasteiger partial charge is 0.326 e.